The summed E-state index contributed by atoms with van der Waals surface area (Å²) in [6.45, 7) is 0.266. The molecule has 0 bridgehead atoms. The summed E-state index contributed by atoms with van der Waals surface area (Å²) < 4.78 is 27.9. The van der Waals surface area contributed by atoms with Gasteiger partial charge in [0.1, 0.15) is 0 Å². The molecule has 25 heavy (non-hydrogen) atoms. The Morgan fingerprint density at radius 2 is 1.68 bits per heavy atom. The Kier molecular flexibility index (Phi) is 7.01. The highest BCUT2D eigenvalue weighted by Crippen LogP contribution is 2.22. The van der Waals surface area contributed by atoms with E-state index < -0.39 is 16.0 Å². The zero-order valence-electron chi connectivity index (χ0n) is 13.2. The molecule has 2 aromatic rings. The number of carboxylic acids is 1. The van der Waals surface area contributed by atoms with Crippen LogP contribution in [0.15, 0.2) is 57.9 Å². The third-order valence-electron chi connectivity index (χ3n) is 3.52. The number of hydrogen-bond acceptors (Lipinski definition) is 3. The molecule has 0 saturated heterocycles. The third kappa shape index (κ3) is 5.81. The highest BCUT2D eigenvalue weighted by atomic mass is 79.9. The number of nitrogens with zero attached hydrogens (tertiary/aromatic N) is 1. The first kappa shape index (κ1) is 19.9. The van der Waals surface area contributed by atoms with E-state index in [1.54, 1.807) is 36.4 Å². The van der Waals surface area contributed by atoms with Crippen LogP contribution in [0.1, 0.15) is 18.4 Å². The Hall–Kier alpha value is -1.41. The van der Waals surface area contributed by atoms with E-state index in [9.17, 15) is 13.2 Å². The lowest BCUT2D eigenvalue weighted by molar-refractivity contribution is -0.137. The fraction of sp³-hybridized carbons (Fsp3) is 0.235. The maximum atomic E-state index is 12.9. The number of hydrogen-bond donors (Lipinski definition) is 1. The summed E-state index contributed by atoms with van der Waals surface area (Å²) in [4.78, 5) is 10.9. The van der Waals surface area contributed by atoms with Crippen molar-refractivity contribution in [2.24, 2.45) is 0 Å². The van der Waals surface area contributed by atoms with Gasteiger partial charge >= 0.3 is 5.97 Å². The van der Waals surface area contributed by atoms with E-state index >= 15 is 0 Å². The lowest BCUT2D eigenvalue weighted by Gasteiger charge is -2.22. The van der Waals surface area contributed by atoms with Gasteiger partial charge in [0.15, 0.2) is 0 Å². The number of rotatable bonds is 8. The van der Waals surface area contributed by atoms with E-state index in [4.69, 9.17) is 16.7 Å². The van der Waals surface area contributed by atoms with Crippen LogP contribution >= 0.6 is 27.5 Å². The molecule has 134 valence electrons. The van der Waals surface area contributed by atoms with E-state index in [0.717, 1.165) is 10.0 Å². The number of halogens is 2. The minimum absolute atomic E-state index is 0.0903. The monoisotopic (exact) mass is 445 g/mol. The van der Waals surface area contributed by atoms with E-state index in [0.29, 0.717) is 5.02 Å². The SMILES string of the molecule is O=C(O)CCCN(Cc1ccc(Cl)cc1)S(=O)(=O)c1ccc(Br)cc1. The van der Waals surface area contributed by atoms with Crippen molar-refractivity contribution in [3.8, 4) is 0 Å². The first-order valence-corrected chi connectivity index (χ1v) is 10.1. The summed E-state index contributed by atoms with van der Waals surface area (Å²) in [6.07, 6.45) is 0.145. The molecule has 0 amide bonds. The Balaban J connectivity index is 2.26. The highest BCUT2D eigenvalue weighted by Gasteiger charge is 2.24. The van der Waals surface area contributed by atoms with Crippen LogP contribution in [0.4, 0.5) is 0 Å². The van der Waals surface area contributed by atoms with E-state index in [1.165, 1.54) is 16.4 Å². The van der Waals surface area contributed by atoms with Crippen molar-refractivity contribution in [3.63, 3.8) is 0 Å². The Morgan fingerprint density at radius 1 is 1.08 bits per heavy atom. The van der Waals surface area contributed by atoms with Gasteiger partial charge in [-0.25, -0.2) is 8.42 Å². The fourth-order valence-corrected chi connectivity index (χ4v) is 4.10. The van der Waals surface area contributed by atoms with Crippen molar-refractivity contribution in [1.29, 1.82) is 0 Å². The van der Waals surface area contributed by atoms with Crippen LogP contribution in [0.2, 0.25) is 5.02 Å². The molecule has 0 radical (unpaired) electrons. The number of benzene rings is 2. The normalized spacial score (nSPS) is 11.6. The second kappa shape index (κ2) is 8.80. The molecule has 2 aromatic carbocycles. The van der Waals surface area contributed by atoms with Gasteiger partial charge in [-0.05, 0) is 48.4 Å². The van der Waals surface area contributed by atoms with Crippen molar-refractivity contribution < 1.29 is 18.3 Å². The topological polar surface area (TPSA) is 74.7 Å². The zero-order chi connectivity index (χ0) is 18.4. The lowest BCUT2D eigenvalue weighted by Crippen LogP contribution is -2.32. The van der Waals surface area contributed by atoms with E-state index in [-0.39, 0.29) is 30.8 Å². The third-order valence-corrected chi connectivity index (χ3v) is 6.16. The number of aliphatic carboxylic acids is 1. The van der Waals surface area contributed by atoms with Gasteiger partial charge in [0.25, 0.3) is 0 Å². The minimum atomic E-state index is -3.74. The largest absolute Gasteiger partial charge is 0.481 e. The predicted octanol–water partition coefficient (Wildman–Crippen LogP) is 4.16. The van der Waals surface area contributed by atoms with Crippen LogP contribution in [0.3, 0.4) is 0 Å². The summed E-state index contributed by atoms with van der Waals surface area (Å²) in [5.74, 6) is -0.951. The van der Waals surface area contributed by atoms with Crippen molar-refractivity contribution in [1.82, 2.24) is 4.31 Å². The standard InChI is InChI=1S/C17H17BrClNO4S/c18-14-5-9-16(10-6-14)25(23,24)20(11-1-2-17(21)22)12-13-3-7-15(19)8-4-13/h3-10H,1-2,11-12H2,(H,21,22). The quantitative estimate of drug-likeness (QED) is 0.661. The average Bonchev–Trinajstić information content (AvgIpc) is 2.56. The van der Waals surface area contributed by atoms with E-state index in [1.807, 2.05) is 0 Å². The summed E-state index contributed by atoms with van der Waals surface area (Å²) in [5.41, 5.74) is 0.778. The molecule has 0 fully saturated rings. The van der Waals surface area contributed by atoms with E-state index in [2.05, 4.69) is 15.9 Å². The lowest BCUT2D eigenvalue weighted by atomic mass is 10.2. The maximum Gasteiger partial charge on any atom is 0.303 e. The highest BCUT2D eigenvalue weighted by molar-refractivity contribution is 9.10. The van der Waals surface area contributed by atoms with Gasteiger partial charge < -0.3 is 5.11 Å². The number of sulfonamides is 1. The summed E-state index contributed by atoms with van der Waals surface area (Å²) >= 11 is 9.15. The molecule has 0 atom stereocenters. The molecule has 0 aliphatic rings. The first-order chi connectivity index (χ1) is 11.8. The molecule has 0 aliphatic carbocycles. The van der Waals surface area contributed by atoms with Crippen molar-refractivity contribution in [2.75, 3.05) is 6.54 Å². The molecule has 1 N–H and O–H groups in total. The van der Waals surface area contributed by atoms with Gasteiger partial charge in [0, 0.05) is 29.0 Å². The van der Waals surface area contributed by atoms with Gasteiger partial charge in [0.2, 0.25) is 10.0 Å². The van der Waals surface area contributed by atoms with Gasteiger partial charge in [-0.15, -0.1) is 0 Å². The summed E-state index contributed by atoms with van der Waals surface area (Å²) in [6, 6.07) is 13.2. The van der Waals surface area contributed by atoms with Gasteiger partial charge in [-0.3, -0.25) is 4.79 Å². The summed E-state index contributed by atoms with van der Waals surface area (Å²) in [7, 11) is -3.74. The van der Waals surface area contributed by atoms with Crippen LogP contribution in [-0.4, -0.2) is 30.3 Å². The van der Waals surface area contributed by atoms with Gasteiger partial charge in [-0.1, -0.05) is 39.7 Å². The fourth-order valence-electron chi connectivity index (χ4n) is 2.24. The molecule has 0 aromatic heterocycles. The number of carboxylic acid groups (broad SMARTS) is 1. The van der Waals surface area contributed by atoms with Crippen LogP contribution < -0.4 is 0 Å². The van der Waals surface area contributed by atoms with Crippen LogP contribution in [0.25, 0.3) is 0 Å². The molecule has 0 spiro atoms. The van der Waals surface area contributed by atoms with Gasteiger partial charge in [0.05, 0.1) is 4.90 Å². The van der Waals surface area contributed by atoms with Crippen molar-refractivity contribution in [2.45, 2.75) is 24.3 Å². The molecular weight excluding hydrogens is 430 g/mol. The molecule has 0 unspecified atom stereocenters. The smallest absolute Gasteiger partial charge is 0.303 e. The van der Waals surface area contributed by atoms with Gasteiger partial charge in [-0.2, -0.15) is 4.31 Å². The second-order valence-electron chi connectivity index (χ2n) is 5.42. The van der Waals surface area contributed by atoms with Crippen molar-refractivity contribution in [3.05, 3.63) is 63.6 Å². The Bertz CT molecular complexity index is 823. The average molecular weight is 447 g/mol. The minimum Gasteiger partial charge on any atom is -0.481 e. The van der Waals surface area contributed by atoms with Crippen LogP contribution in [-0.2, 0) is 21.4 Å². The molecule has 0 heterocycles. The maximum absolute atomic E-state index is 12.9. The number of carbonyl (C=O) groups is 1. The predicted molar refractivity (Wildman–Crippen MR) is 100 cm³/mol. The summed E-state index contributed by atoms with van der Waals surface area (Å²) in [5, 5.41) is 9.38. The van der Waals surface area contributed by atoms with Crippen LogP contribution in [0.5, 0.6) is 0 Å². The van der Waals surface area contributed by atoms with Crippen LogP contribution in [0, 0.1) is 0 Å². The molecule has 8 heteroatoms. The first-order valence-electron chi connectivity index (χ1n) is 7.51. The second-order valence-corrected chi connectivity index (χ2v) is 8.71. The molecule has 5 nitrogen and oxygen atoms in total. The Morgan fingerprint density at radius 3 is 2.24 bits per heavy atom. The molecular formula is C17H17BrClNO4S. The zero-order valence-corrected chi connectivity index (χ0v) is 16.4. The molecule has 0 aliphatic heterocycles. The molecule has 2 rings (SSSR count). The molecule has 0 saturated carbocycles. The van der Waals surface area contributed by atoms with Crippen molar-refractivity contribution >= 4 is 43.5 Å². The Labute approximate surface area is 160 Å².